The number of benzene rings is 1. The van der Waals surface area contributed by atoms with Crippen molar-refractivity contribution >= 4 is 0 Å². The Labute approximate surface area is 96.7 Å². The Morgan fingerprint density at radius 2 is 1.75 bits per heavy atom. The molecule has 0 bridgehead atoms. The van der Waals surface area contributed by atoms with Gasteiger partial charge in [-0.05, 0) is 29.7 Å². The molecule has 1 heterocycles. The van der Waals surface area contributed by atoms with E-state index in [4.69, 9.17) is 5.73 Å². The largest absolute Gasteiger partial charge is 0.346 e. The van der Waals surface area contributed by atoms with Crippen LogP contribution in [-0.4, -0.2) is 4.57 Å². The molecule has 0 atom stereocenters. The fourth-order valence-electron chi connectivity index (χ4n) is 1.87. The van der Waals surface area contributed by atoms with Crippen LogP contribution < -0.4 is 5.73 Å². The second kappa shape index (κ2) is 4.99. The highest BCUT2D eigenvalue weighted by molar-refractivity contribution is 5.23. The second-order valence-electron chi connectivity index (χ2n) is 4.00. The molecule has 0 amide bonds. The molecule has 0 aliphatic rings. The molecule has 0 saturated carbocycles. The Morgan fingerprint density at radius 3 is 2.38 bits per heavy atom. The molecule has 16 heavy (non-hydrogen) atoms. The summed E-state index contributed by atoms with van der Waals surface area (Å²) in [7, 11) is 0. The minimum atomic E-state index is 0.597. The van der Waals surface area contributed by atoms with Crippen LogP contribution in [0.5, 0.6) is 0 Å². The van der Waals surface area contributed by atoms with Gasteiger partial charge in [-0.15, -0.1) is 0 Å². The second-order valence-corrected chi connectivity index (χ2v) is 4.00. The smallest absolute Gasteiger partial charge is 0.0473 e. The van der Waals surface area contributed by atoms with Gasteiger partial charge in [0.1, 0.15) is 0 Å². The number of rotatable bonds is 4. The van der Waals surface area contributed by atoms with Crippen molar-refractivity contribution in [2.75, 3.05) is 0 Å². The molecule has 0 aliphatic carbocycles. The van der Waals surface area contributed by atoms with Gasteiger partial charge in [0.25, 0.3) is 0 Å². The van der Waals surface area contributed by atoms with Crippen LogP contribution in [-0.2, 0) is 19.5 Å². The van der Waals surface area contributed by atoms with E-state index in [1.807, 2.05) is 6.07 Å². The third kappa shape index (κ3) is 2.34. The van der Waals surface area contributed by atoms with E-state index >= 15 is 0 Å². The lowest BCUT2D eigenvalue weighted by atomic mass is 10.1. The summed E-state index contributed by atoms with van der Waals surface area (Å²) < 4.78 is 2.20. The van der Waals surface area contributed by atoms with Crippen molar-refractivity contribution in [2.24, 2.45) is 5.73 Å². The number of hydrogen-bond donors (Lipinski definition) is 1. The highest BCUT2D eigenvalue weighted by Crippen LogP contribution is 2.09. The van der Waals surface area contributed by atoms with E-state index in [9.17, 15) is 0 Å². The van der Waals surface area contributed by atoms with E-state index < -0.39 is 0 Å². The molecule has 0 aliphatic heterocycles. The zero-order valence-corrected chi connectivity index (χ0v) is 9.69. The van der Waals surface area contributed by atoms with Crippen LogP contribution in [0.3, 0.4) is 0 Å². The minimum Gasteiger partial charge on any atom is -0.346 e. The summed E-state index contributed by atoms with van der Waals surface area (Å²) in [5.74, 6) is 0. The average molecular weight is 214 g/mol. The average Bonchev–Trinajstić information content (AvgIpc) is 2.77. The summed E-state index contributed by atoms with van der Waals surface area (Å²) in [4.78, 5) is 0. The fourth-order valence-corrected chi connectivity index (χ4v) is 1.87. The van der Waals surface area contributed by atoms with E-state index in [1.165, 1.54) is 16.8 Å². The molecular weight excluding hydrogens is 196 g/mol. The molecule has 2 N–H and O–H groups in total. The van der Waals surface area contributed by atoms with Gasteiger partial charge in [-0.3, -0.25) is 0 Å². The lowest BCUT2D eigenvalue weighted by molar-refractivity contribution is 0.743. The van der Waals surface area contributed by atoms with Crippen molar-refractivity contribution in [3.63, 3.8) is 0 Å². The third-order valence-electron chi connectivity index (χ3n) is 2.92. The molecule has 2 rings (SSSR count). The highest BCUT2D eigenvalue weighted by atomic mass is 15.0. The number of nitrogens with zero attached hydrogens (tertiary/aromatic N) is 1. The Hall–Kier alpha value is -1.54. The molecule has 0 fully saturated rings. The van der Waals surface area contributed by atoms with Crippen molar-refractivity contribution in [1.82, 2.24) is 4.57 Å². The predicted octanol–water partition coefficient (Wildman–Crippen LogP) is 2.56. The number of aromatic nitrogens is 1. The summed E-state index contributed by atoms with van der Waals surface area (Å²) in [5, 5.41) is 0. The van der Waals surface area contributed by atoms with Gasteiger partial charge in [0.15, 0.2) is 0 Å². The molecule has 1 aromatic heterocycles. The third-order valence-corrected chi connectivity index (χ3v) is 2.92. The molecule has 2 aromatic rings. The summed E-state index contributed by atoms with van der Waals surface area (Å²) in [6.07, 6.45) is 3.17. The van der Waals surface area contributed by atoms with E-state index in [-0.39, 0.29) is 0 Å². The van der Waals surface area contributed by atoms with E-state index in [2.05, 4.69) is 48.0 Å². The van der Waals surface area contributed by atoms with Gasteiger partial charge in [0.05, 0.1) is 0 Å². The highest BCUT2D eigenvalue weighted by Gasteiger charge is 1.99. The first-order valence-electron chi connectivity index (χ1n) is 5.75. The van der Waals surface area contributed by atoms with Gasteiger partial charge in [0, 0.05) is 25.0 Å². The first-order valence-corrected chi connectivity index (χ1v) is 5.75. The van der Waals surface area contributed by atoms with Gasteiger partial charge in [-0.2, -0.15) is 0 Å². The van der Waals surface area contributed by atoms with Crippen LogP contribution in [0.25, 0.3) is 0 Å². The topological polar surface area (TPSA) is 30.9 Å². The van der Waals surface area contributed by atoms with Crippen molar-refractivity contribution in [3.05, 3.63) is 59.4 Å². The van der Waals surface area contributed by atoms with Crippen molar-refractivity contribution in [2.45, 2.75) is 26.4 Å². The molecule has 1 aromatic carbocycles. The first-order chi connectivity index (χ1) is 7.83. The monoisotopic (exact) mass is 214 g/mol. The maximum Gasteiger partial charge on any atom is 0.0473 e. The first kappa shape index (κ1) is 11.0. The predicted molar refractivity (Wildman–Crippen MR) is 67.2 cm³/mol. The van der Waals surface area contributed by atoms with Crippen LogP contribution in [0.4, 0.5) is 0 Å². The number of aryl methyl sites for hydroxylation is 1. The van der Waals surface area contributed by atoms with Crippen LogP contribution in [0, 0.1) is 0 Å². The lowest BCUT2D eigenvalue weighted by Crippen LogP contribution is -2.07. The van der Waals surface area contributed by atoms with Gasteiger partial charge in [-0.25, -0.2) is 0 Å². The Morgan fingerprint density at radius 1 is 1.06 bits per heavy atom. The number of nitrogens with two attached hydrogens (primary N) is 1. The van der Waals surface area contributed by atoms with Gasteiger partial charge in [-0.1, -0.05) is 31.2 Å². The van der Waals surface area contributed by atoms with Crippen LogP contribution in [0.2, 0.25) is 0 Å². The summed E-state index contributed by atoms with van der Waals surface area (Å²) in [6.45, 7) is 3.68. The van der Waals surface area contributed by atoms with E-state index in [0.29, 0.717) is 6.54 Å². The molecule has 84 valence electrons. The number of hydrogen-bond acceptors (Lipinski definition) is 1. The molecule has 0 radical (unpaired) electrons. The lowest BCUT2D eigenvalue weighted by Gasteiger charge is -2.08. The Bertz CT molecular complexity index is 440. The minimum absolute atomic E-state index is 0.597. The van der Waals surface area contributed by atoms with Crippen molar-refractivity contribution in [1.29, 1.82) is 0 Å². The van der Waals surface area contributed by atoms with Crippen LogP contribution in [0.15, 0.2) is 42.6 Å². The molecule has 2 heteroatoms. The van der Waals surface area contributed by atoms with Crippen molar-refractivity contribution < 1.29 is 0 Å². The van der Waals surface area contributed by atoms with Gasteiger partial charge >= 0.3 is 0 Å². The SMILES string of the molecule is CCc1ccc(Cn2cccc2CN)cc1. The summed E-state index contributed by atoms with van der Waals surface area (Å²) in [6, 6.07) is 12.9. The van der Waals surface area contributed by atoms with Gasteiger partial charge < -0.3 is 10.3 Å². The van der Waals surface area contributed by atoms with Crippen LogP contribution >= 0.6 is 0 Å². The molecule has 2 nitrogen and oxygen atoms in total. The molecule has 0 spiro atoms. The summed E-state index contributed by atoms with van der Waals surface area (Å²) in [5.41, 5.74) is 9.56. The Kier molecular flexibility index (Phi) is 3.42. The molecule has 0 unspecified atom stereocenters. The normalized spacial score (nSPS) is 10.6. The standard InChI is InChI=1S/C14H18N2/c1-2-12-5-7-13(8-6-12)11-16-9-3-4-14(16)10-15/h3-9H,2,10-11,15H2,1H3. The molecular formula is C14H18N2. The summed E-state index contributed by atoms with van der Waals surface area (Å²) >= 11 is 0. The molecule has 0 saturated heterocycles. The van der Waals surface area contributed by atoms with E-state index in [0.717, 1.165) is 13.0 Å². The van der Waals surface area contributed by atoms with Crippen LogP contribution in [0.1, 0.15) is 23.7 Å². The maximum atomic E-state index is 5.67. The zero-order chi connectivity index (χ0) is 11.4. The quantitative estimate of drug-likeness (QED) is 0.833. The maximum absolute atomic E-state index is 5.67. The van der Waals surface area contributed by atoms with Gasteiger partial charge in [0.2, 0.25) is 0 Å². The fraction of sp³-hybridized carbons (Fsp3) is 0.286. The zero-order valence-electron chi connectivity index (χ0n) is 9.69. The van der Waals surface area contributed by atoms with Crippen molar-refractivity contribution in [3.8, 4) is 0 Å². The Balaban J connectivity index is 2.14. The van der Waals surface area contributed by atoms with E-state index in [1.54, 1.807) is 0 Å².